The second kappa shape index (κ2) is 5.24. The van der Waals surface area contributed by atoms with E-state index in [1.807, 2.05) is 0 Å². The zero-order valence-electron chi connectivity index (χ0n) is 8.90. The molecule has 6 nitrogen and oxygen atoms in total. The van der Waals surface area contributed by atoms with Crippen LogP contribution in [0.1, 0.15) is 20.8 Å². The molecule has 0 amide bonds. The van der Waals surface area contributed by atoms with E-state index in [4.69, 9.17) is 0 Å². The first-order valence-electron chi connectivity index (χ1n) is 4.44. The maximum absolute atomic E-state index is 12.1. The fraction of sp³-hybridized carbons (Fsp3) is 0.444. The van der Waals surface area contributed by atoms with Crippen molar-refractivity contribution in [3.8, 4) is 0 Å². The number of hydrogen-bond acceptors (Lipinski definition) is 5. The zero-order chi connectivity index (χ0) is 12.1. The minimum atomic E-state index is -0.766. The van der Waals surface area contributed by atoms with Crippen LogP contribution in [0, 0.1) is 0 Å². The molecule has 0 aliphatic carbocycles. The summed E-state index contributed by atoms with van der Waals surface area (Å²) in [6.45, 7) is -0.691. The van der Waals surface area contributed by atoms with Crippen molar-refractivity contribution in [1.82, 2.24) is 9.78 Å². The lowest BCUT2D eigenvalue weighted by Gasteiger charge is -1.97. The summed E-state index contributed by atoms with van der Waals surface area (Å²) in [5, 5.41) is 3.74. The molecular weight excluding hydrogens is 219 g/mol. The van der Waals surface area contributed by atoms with Crippen LogP contribution in [0.15, 0.2) is 6.20 Å². The first kappa shape index (κ1) is 12.2. The van der Waals surface area contributed by atoms with E-state index < -0.39 is 18.6 Å². The molecule has 16 heavy (non-hydrogen) atoms. The Morgan fingerprint density at radius 1 is 1.38 bits per heavy atom. The summed E-state index contributed by atoms with van der Waals surface area (Å²) in [5.41, 5.74) is -0.217. The van der Waals surface area contributed by atoms with Crippen LogP contribution in [-0.2, 0) is 16.0 Å². The molecule has 0 radical (unpaired) electrons. The Hall–Kier alpha value is -1.92. The molecule has 1 heterocycles. The number of alkyl halides is 1. The summed E-state index contributed by atoms with van der Waals surface area (Å²) in [5.74, 6) is -1.48. The Labute approximate surface area is 90.9 Å². The van der Waals surface area contributed by atoms with Gasteiger partial charge in [0.15, 0.2) is 5.69 Å². The van der Waals surface area contributed by atoms with Crippen molar-refractivity contribution in [3.05, 3.63) is 17.5 Å². The molecule has 0 bridgehead atoms. The fourth-order valence-electron chi connectivity index (χ4n) is 1.13. The average Bonchev–Trinajstić information content (AvgIpc) is 2.71. The predicted molar refractivity (Wildman–Crippen MR) is 50.9 cm³/mol. The van der Waals surface area contributed by atoms with Crippen LogP contribution in [0.25, 0.3) is 0 Å². The largest absolute Gasteiger partial charge is 0.465 e. The SMILES string of the molecule is COC(=O)c1cn(CCF)nc1C(=O)OC. The number of carbonyl (C=O) groups is 2. The van der Waals surface area contributed by atoms with Crippen molar-refractivity contribution in [2.75, 3.05) is 20.9 Å². The highest BCUT2D eigenvalue weighted by Gasteiger charge is 2.23. The van der Waals surface area contributed by atoms with E-state index in [1.54, 1.807) is 0 Å². The van der Waals surface area contributed by atoms with Gasteiger partial charge in [0.2, 0.25) is 0 Å². The van der Waals surface area contributed by atoms with Crippen molar-refractivity contribution in [3.63, 3.8) is 0 Å². The molecule has 1 rings (SSSR count). The van der Waals surface area contributed by atoms with Gasteiger partial charge in [-0.05, 0) is 0 Å². The molecule has 0 N–H and O–H groups in total. The number of aromatic nitrogens is 2. The van der Waals surface area contributed by atoms with Crippen LogP contribution < -0.4 is 0 Å². The Morgan fingerprint density at radius 2 is 2.00 bits per heavy atom. The van der Waals surface area contributed by atoms with Gasteiger partial charge in [-0.3, -0.25) is 4.68 Å². The number of esters is 2. The smallest absolute Gasteiger partial charge is 0.359 e. The highest BCUT2D eigenvalue weighted by Crippen LogP contribution is 2.10. The van der Waals surface area contributed by atoms with Gasteiger partial charge < -0.3 is 9.47 Å². The molecule has 0 fully saturated rings. The van der Waals surface area contributed by atoms with Gasteiger partial charge in [-0.2, -0.15) is 5.10 Å². The van der Waals surface area contributed by atoms with E-state index >= 15 is 0 Å². The minimum absolute atomic E-state index is 0.0391. The molecule has 88 valence electrons. The summed E-state index contributed by atoms with van der Waals surface area (Å²) in [6, 6.07) is 0. The Bertz CT molecular complexity index is 369. The maximum atomic E-state index is 12.1. The Balaban J connectivity index is 3.12. The van der Waals surface area contributed by atoms with Crippen LogP contribution in [0.2, 0.25) is 0 Å². The predicted octanol–water partition coefficient (Wildman–Crippen LogP) is 0.426. The zero-order valence-corrected chi connectivity index (χ0v) is 8.90. The van der Waals surface area contributed by atoms with Crippen molar-refractivity contribution < 1.29 is 23.5 Å². The summed E-state index contributed by atoms with van der Waals surface area (Å²) in [6.07, 6.45) is 1.25. The van der Waals surface area contributed by atoms with Gasteiger partial charge in [0, 0.05) is 6.20 Å². The molecular formula is C9H11FN2O4. The van der Waals surface area contributed by atoms with E-state index in [0.29, 0.717) is 0 Å². The number of nitrogens with zero attached hydrogens (tertiary/aromatic N) is 2. The van der Waals surface area contributed by atoms with E-state index in [1.165, 1.54) is 13.3 Å². The van der Waals surface area contributed by atoms with E-state index in [0.717, 1.165) is 11.8 Å². The normalized spacial score (nSPS) is 9.94. The van der Waals surface area contributed by atoms with Crippen LogP contribution in [-0.4, -0.2) is 42.6 Å². The molecule has 0 spiro atoms. The molecule has 0 saturated carbocycles. The Morgan fingerprint density at radius 3 is 2.50 bits per heavy atom. The summed E-state index contributed by atoms with van der Waals surface area (Å²) in [7, 11) is 2.34. The maximum Gasteiger partial charge on any atom is 0.359 e. The van der Waals surface area contributed by atoms with Gasteiger partial charge in [0.1, 0.15) is 12.2 Å². The Kier molecular flexibility index (Phi) is 3.98. The number of rotatable bonds is 4. The van der Waals surface area contributed by atoms with E-state index in [-0.39, 0.29) is 17.8 Å². The number of hydrogen-bond donors (Lipinski definition) is 0. The van der Waals surface area contributed by atoms with Gasteiger partial charge in [0.05, 0.1) is 20.8 Å². The third kappa shape index (κ3) is 2.36. The topological polar surface area (TPSA) is 70.4 Å². The molecule has 7 heteroatoms. The number of ether oxygens (including phenoxy) is 2. The molecule has 0 aromatic carbocycles. The minimum Gasteiger partial charge on any atom is -0.465 e. The molecule has 0 atom stereocenters. The molecule has 1 aromatic heterocycles. The molecule has 1 aromatic rings. The van der Waals surface area contributed by atoms with Crippen molar-refractivity contribution in [2.45, 2.75) is 6.54 Å². The lowest BCUT2D eigenvalue weighted by atomic mass is 10.2. The van der Waals surface area contributed by atoms with Crippen LogP contribution in [0.4, 0.5) is 4.39 Å². The lowest BCUT2D eigenvalue weighted by molar-refractivity contribution is 0.0551. The quantitative estimate of drug-likeness (QED) is 0.701. The average molecular weight is 230 g/mol. The number of aryl methyl sites for hydroxylation is 1. The highest BCUT2D eigenvalue weighted by atomic mass is 19.1. The summed E-state index contributed by atoms with van der Waals surface area (Å²) in [4.78, 5) is 22.6. The third-order valence-electron chi connectivity index (χ3n) is 1.86. The van der Waals surface area contributed by atoms with Crippen LogP contribution >= 0.6 is 0 Å². The van der Waals surface area contributed by atoms with Gasteiger partial charge in [-0.1, -0.05) is 0 Å². The van der Waals surface area contributed by atoms with Gasteiger partial charge in [0.25, 0.3) is 0 Å². The summed E-state index contributed by atoms with van der Waals surface area (Å²) >= 11 is 0. The number of methoxy groups -OCH3 is 2. The number of carbonyl (C=O) groups excluding carboxylic acids is 2. The highest BCUT2D eigenvalue weighted by molar-refractivity contribution is 6.01. The van der Waals surface area contributed by atoms with E-state index in [9.17, 15) is 14.0 Å². The van der Waals surface area contributed by atoms with Crippen molar-refractivity contribution >= 4 is 11.9 Å². The van der Waals surface area contributed by atoms with Gasteiger partial charge in [-0.25, -0.2) is 14.0 Å². The lowest BCUT2D eigenvalue weighted by Crippen LogP contribution is -2.10. The monoisotopic (exact) mass is 230 g/mol. The molecule has 0 aliphatic heterocycles. The first-order chi connectivity index (χ1) is 7.63. The number of halogens is 1. The van der Waals surface area contributed by atoms with Crippen molar-refractivity contribution in [2.24, 2.45) is 0 Å². The van der Waals surface area contributed by atoms with E-state index in [2.05, 4.69) is 14.6 Å². The third-order valence-corrected chi connectivity index (χ3v) is 1.86. The summed E-state index contributed by atoms with van der Waals surface area (Å²) < 4.78 is 22.2. The van der Waals surface area contributed by atoms with Crippen molar-refractivity contribution in [1.29, 1.82) is 0 Å². The second-order valence-corrected chi connectivity index (χ2v) is 2.83. The van der Waals surface area contributed by atoms with Crippen LogP contribution in [0.3, 0.4) is 0 Å². The second-order valence-electron chi connectivity index (χ2n) is 2.83. The van der Waals surface area contributed by atoms with Gasteiger partial charge >= 0.3 is 11.9 Å². The molecule has 0 unspecified atom stereocenters. The molecule has 0 aliphatic rings. The standard InChI is InChI=1S/C9H11FN2O4/c1-15-8(13)6-5-12(4-3-10)11-7(6)9(14)16-2/h5H,3-4H2,1-2H3. The molecule has 0 saturated heterocycles. The van der Waals surface area contributed by atoms with Crippen LogP contribution in [0.5, 0.6) is 0 Å². The van der Waals surface area contributed by atoms with Gasteiger partial charge in [-0.15, -0.1) is 0 Å². The first-order valence-corrected chi connectivity index (χ1v) is 4.44. The fourth-order valence-corrected chi connectivity index (χ4v) is 1.13.